The van der Waals surface area contributed by atoms with Crippen LogP contribution in [0.1, 0.15) is 19.3 Å². The van der Waals surface area contributed by atoms with Gasteiger partial charge in [-0.25, -0.2) is 0 Å². The standard InChI is InChI=1S/C16H28O11/c17-4-11-16(22)8(19)2-15(26-11)25-10-3-13(21)23-6-12(10)27-14-1-7(18)9(20)5-24-14/h7-22H,1-6H2/t7?,8?,9-,10?,11?,12+,13-,14+,15-,16+/m1/s1. The first-order valence-electron chi connectivity index (χ1n) is 9.08. The van der Waals surface area contributed by atoms with Crippen molar-refractivity contribution in [2.24, 2.45) is 0 Å². The third-order valence-electron chi connectivity index (χ3n) is 5.00. The Bertz CT molecular complexity index is 466. The minimum atomic E-state index is -1.22. The zero-order chi connectivity index (χ0) is 19.6. The Balaban J connectivity index is 1.59. The van der Waals surface area contributed by atoms with Crippen molar-refractivity contribution >= 4 is 0 Å². The van der Waals surface area contributed by atoms with Gasteiger partial charge < -0.3 is 54.3 Å². The Morgan fingerprint density at radius 3 is 2.15 bits per heavy atom. The Kier molecular flexibility index (Phi) is 7.38. The van der Waals surface area contributed by atoms with Crippen LogP contribution < -0.4 is 0 Å². The molecule has 158 valence electrons. The molecule has 6 N–H and O–H groups in total. The first kappa shape index (κ1) is 21.3. The van der Waals surface area contributed by atoms with Crippen LogP contribution in [0, 0.1) is 0 Å². The zero-order valence-electron chi connectivity index (χ0n) is 14.7. The molecule has 0 aromatic heterocycles. The highest BCUT2D eigenvalue weighted by Gasteiger charge is 2.42. The maximum Gasteiger partial charge on any atom is 0.161 e. The summed E-state index contributed by atoms with van der Waals surface area (Å²) < 4.78 is 27.6. The molecule has 0 aromatic carbocycles. The molecule has 0 amide bonds. The Labute approximate surface area is 156 Å². The number of ether oxygens (including phenoxy) is 5. The predicted molar refractivity (Wildman–Crippen MR) is 85.1 cm³/mol. The van der Waals surface area contributed by atoms with Gasteiger partial charge in [-0.05, 0) is 0 Å². The van der Waals surface area contributed by atoms with E-state index in [2.05, 4.69) is 0 Å². The van der Waals surface area contributed by atoms with Crippen LogP contribution in [0.2, 0.25) is 0 Å². The van der Waals surface area contributed by atoms with Crippen molar-refractivity contribution in [3.05, 3.63) is 0 Å². The van der Waals surface area contributed by atoms with Crippen LogP contribution in [0.15, 0.2) is 0 Å². The van der Waals surface area contributed by atoms with Crippen LogP contribution in [0.25, 0.3) is 0 Å². The van der Waals surface area contributed by atoms with E-state index in [1.807, 2.05) is 0 Å². The van der Waals surface area contributed by atoms with Gasteiger partial charge in [0.2, 0.25) is 0 Å². The highest BCUT2D eigenvalue weighted by atomic mass is 16.7. The van der Waals surface area contributed by atoms with Crippen LogP contribution in [-0.4, -0.2) is 112 Å². The average molecular weight is 396 g/mol. The lowest BCUT2D eigenvalue weighted by atomic mass is 10.0. The van der Waals surface area contributed by atoms with Gasteiger partial charge in [0.1, 0.15) is 24.4 Å². The van der Waals surface area contributed by atoms with E-state index in [1.165, 1.54) is 0 Å². The fraction of sp³-hybridized carbons (Fsp3) is 1.00. The highest BCUT2D eigenvalue weighted by Crippen LogP contribution is 2.28. The molecule has 0 radical (unpaired) electrons. The summed E-state index contributed by atoms with van der Waals surface area (Å²) in [6, 6.07) is 0. The van der Waals surface area contributed by atoms with E-state index in [-0.39, 0.29) is 32.5 Å². The van der Waals surface area contributed by atoms with Crippen molar-refractivity contribution in [2.45, 2.75) is 80.9 Å². The second-order valence-corrected chi connectivity index (χ2v) is 7.09. The highest BCUT2D eigenvalue weighted by molar-refractivity contribution is 4.85. The van der Waals surface area contributed by atoms with Crippen LogP contribution in [0.3, 0.4) is 0 Å². The fourth-order valence-corrected chi connectivity index (χ4v) is 3.38. The molecule has 3 rings (SSSR count). The van der Waals surface area contributed by atoms with Crippen molar-refractivity contribution in [1.29, 1.82) is 0 Å². The molecular weight excluding hydrogens is 368 g/mol. The lowest BCUT2D eigenvalue weighted by Crippen LogP contribution is -2.54. The molecule has 0 aromatic rings. The maximum absolute atomic E-state index is 9.91. The number of aliphatic hydroxyl groups is 6. The lowest BCUT2D eigenvalue weighted by Gasteiger charge is -2.42. The minimum absolute atomic E-state index is 0.00562. The summed E-state index contributed by atoms with van der Waals surface area (Å²) in [7, 11) is 0. The van der Waals surface area contributed by atoms with Crippen molar-refractivity contribution in [1.82, 2.24) is 0 Å². The lowest BCUT2D eigenvalue weighted by molar-refractivity contribution is -0.320. The van der Waals surface area contributed by atoms with E-state index in [0.717, 1.165) is 0 Å². The molecule has 10 atom stereocenters. The van der Waals surface area contributed by atoms with Gasteiger partial charge in [-0.2, -0.15) is 0 Å². The van der Waals surface area contributed by atoms with E-state index in [0.29, 0.717) is 0 Å². The third-order valence-corrected chi connectivity index (χ3v) is 5.00. The molecule has 3 aliphatic rings. The molecule has 3 fully saturated rings. The van der Waals surface area contributed by atoms with Crippen LogP contribution in [0.5, 0.6) is 0 Å². The molecule has 3 aliphatic heterocycles. The molecule has 3 saturated heterocycles. The Morgan fingerprint density at radius 1 is 0.741 bits per heavy atom. The van der Waals surface area contributed by atoms with Gasteiger partial charge in [0.25, 0.3) is 0 Å². The fourth-order valence-electron chi connectivity index (χ4n) is 3.38. The van der Waals surface area contributed by atoms with E-state index in [4.69, 9.17) is 23.7 Å². The van der Waals surface area contributed by atoms with Crippen molar-refractivity contribution < 1.29 is 54.3 Å². The van der Waals surface area contributed by atoms with Crippen molar-refractivity contribution in [3.8, 4) is 0 Å². The van der Waals surface area contributed by atoms with Crippen LogP contribution in [-0.2, 0) is 23.7 Å². The van der Waals surface area contributed by atoms with E-state index < -0.39 is 68.2 Å². The summed E-state index contributed by atoms with van der Waals surface area (Å²) >= 11 is 0. The summed E-state index contributed by atoms with van der Waals surface area (Å²) in [5, 5.41) is 58.0. The second kappa shape index (κ2) is 9.37. The molecule has 3 heterocycles. The van der Waals surface area contributed by atoms with Crippen molar-refractivity contribution in [3.63, 3.8) is 0 Å². The largest absolute Gasteiger partial charge is 0.394 e. The minimum Gasteiger partial charge on any atom is -0.394 e. The van der Waals surface area contributed by atoms with Crippen LogP contribution in [0.4, 0.5) is 0 Å². The molecule has 0 saturated carbocycles. The zero-order valence-corrected chi connectivity index (χ0v) is 14.7. The number of aliphatic hydroxyl groups excluding tert-OH is 6. The second-order valence-electron chi connectivity index (χ2n) is 7.09. The predicted octanol–water partition coefficient (Wildman–Crippen LogP) is -3.21. The van der Waals surface area contributed by atoms with E-state index in [1.54, 1.807) is 0 Å². The topological polar surface area (TPSA) is 168 Å². The van der Waals surface area contributed by atoms with Gasteiger partial charge in [0, 0.05) is 19.3 Å². The molecule has 27 heavy (non-hydrogen) atoms. The summed E-state index contributed by atoms with van der Waals surface area (Å²) in [6.07, 6.45) is -9.21. The number of rotatable bonds is 5. The Morgan fingerprint density at radius 2 is 1.44 bits per heavy atom. The molecule has 11 heteroatoms. The summed E-state index contributed by atoms with van der Waals surface area (Å²) in [4.78, 5) is 0. The van der Waals surface area contributed by atoms with Crippen molar-refractivity contribution in [2.75, 3.05) is 19.8 Å². The first-order valence-corrected chi connectivity index (χ1v) is 9.08. The first-order chi connectivity index (χ1) is 12.9. The van der Waals surface area contributed by atoms with Crippen LogP contribution >= 0.6 is 0 Å². The maximum atomic E-state index is 9.91. The molecule has 11 nitrogen and oxygen atoms in total. The normalized spacial score (nSPS) is 49.1. The van der Waals surface area contributed by atoms with E-state index in [9.17, 15) is 30.6 Å². The van der Waals surface area contributed by atoms with Gasteiger partial charge in [0.05, 0.1) is 38.1 Å². The molecule has 0 spiro atoms. The van der Waals surface area contributed by atoms with Gasteiger partial charge in [-0.1, -0.05) is 0 Å². The SMILES string of the molecule is OCC1O[C@@H](OC2C[C@H](O)OC[C@@H]2O[C@H]2CC(O)[C@H](O)CO2)CC(O)[C@@H]1O. The van der Waals surface area contributed by atoms with Gasteiger partial charge >= 0.3 is 0 Å². The smallest absolute Gasteiger partial charge is 0.161 e. The summed E-state index contributed by atoms with van der Waals surface area (Å²) in [6.45, 7) is -0.544. The van der Waals surface area contributed by atoms with Gasteiger partial charge in [0.15, 0.2) is 18.9 Å². The summed E-state index contributed by atoms with van der Waals surface area (Å²) in [5.41, 5.74) is 0. The quantitative estimate of drug-likeness (QED) is 0.277. The Hall–Kier alpha value is -0.440. The van der Waals surface area contributed by atoms with E-state index >= 15 is 0 Å². The average Bonchev–Trinajstić information content (AvgIpc) is 2.63. The molecular formula is C16H28O11. The molecule has 0 bridgehead atoms. The van der Waals surface area contributed by atoms with Gasteiger partial charge in [-0.15, -0.1) is 0 Å². The van der Waals surface area contributed by atoms with Gasteiger partial charge in [-0.3, -0.25) is 0 Å². The monoisotopic (exact) mass is 396 g/mol. The molecule has 4 unspecified atom stereocenters. The molecule has 0 aliphatic carbocycles. The summed E-state index contributed by atoms with van der Waals surface area (Å²) in [5.74, 6) is 0. The third kappa shape index (κ3) is 5.34. The number of hydrogen-bond acceptors (Lipinski definition) is 11. The number of hydrogen-bond donors (Lipinski definition) is 6.